The Balaban J connectivity index is 2.20. The Bertz CT molecular complexity index is 163. The summed E-state index contributed by atoms with van der Waals surface area (Å²) in [5.74, 6) is 1.58. The van der Waals surface area contributed by atoms with Crippen LogP contribution in [0.2, 0.25) is 0 Å². The van der Waals surface area contributed by atoms with E-state index in [4.69, 9.17) is 0 Å². The minimum atomic E-state index is 0.654. The molecule has 0 heterocycles. The van der Waals surface area contributed by atoms with Crippen molar-refractivity contribution in [1.29, 1.82) is 0 Å². The van der Waals surface area contributed by atoms with Crippen LogP contribution in [0.5, 0.6) is 0 Å². The molecule has 1 heteroatoms. The molecule has 9 heavy (non-hydrogen) atoms. The fourth-order valence-electron chi connectivity index (χ4n) is 1.81. The molecule has 0 N–H and O–H groups in total. The summed E-state index contributed by atoms with van der Waals surface area (Å²) in [5, 5.41) is 0. The van der Waals surface area contributed by atoms with Crippen molar-refractivity contribution in [2.45, 2.75) is 19.3 Å². The number of carbonyl (C=O) groups excluding carboxylic acids is 1. The predicted octanol–water partition coefficient (Wildman–Crippen LogP) is 1.54. The second-order valence-electron chi connectivity index (χ2n) is 3.09. The Labute approximate surface area is 54.8 Å². The molecule has 0 aliphatic heterocycles. The van der Waals surface area contributed by atoms with Crippen LogP contribution in [0.25, 0.3) is 0 Å². The van der Waals surface area contributed by atoms with Gasteiger partial charge >= 0.3 is 0 Å². The van der Waals surface area contributed by atoms with E-state index >= 15 is 0 Å². The summed E-state index contributed by atoms with van der Waals surface area (Å²) in [6, 6.07) is 0. The number of hydrogen-bond acceptors (Lipinski definition) is 1. The SMILES string of the molecule is O=CC1=CCC2CC1C2. The van der Waals surface area contributed by atoms with E-state index in [1.165, 1.54) is 12.8 Å². The van der Waals surface area contributed by atoms with E-state index in [9.17, 15) is 4.79 Å². The number of hydrogen-bond donors (Lipinski definition) is 0. The molecule has 0 unspecified atom stereocenters. The highest BCUT2D eigenvalue weighted by molar-refractivity contribution is 5.74. The van der Waals surface area contributed by atoms with Crippen molar-refractivity contribution >= 4 is 6.29 Å². The van der Waals surface area contributed by atoms with Gasteiger partial charge in [-0.3, -0.25) is 4.79 Å². The zero-order chi connectivity index (χ0) is 6.27. The summed E-state index contributed by atoms with van der Waals surface area (Å²) < 4.78 is 0. The van der Waals surface area contributed by atoms with Crippen LogP contribution in [0.1, 0.15) is 19.3 Å². The quantitative estimate of drug-likeness (QED) is 0.482. The van der Waals surface area contributed by atoms with Crippen LogP contribution in [0.3, 0.4) is 0 Å². The van der Waals surface area contributed by atoms with Gasteiger partial charge in [0.2, 0.25) is 0 Å². The smallest absolute Gasteiger partial charge is 0.145 e. The maximum absolute atomic E-state index is 10.3. The molecule has 0 amide bonds. The summed E-state index contributed by atoms with van der Waals surface area (Å²) >= 11 is 0. The molecular formula is C8H10O. The third-order valence-electron chi connectivity index (χ3n) is 2.53. The van der Waals surface area contributed by atoms with Gasteiger partial charge in [-0.05, 0) is 36.7 Å². The zero-order valence-electron chi connectivity index (χ0n) is 5.34. The molecule has 0 spiro atoms. The molecule has 0 aromatic carbocycles. The van der Waals surface area contributed by atoms with Crippen LogP contribution in [0.15, 0.2) is 11.6 Å². The van der Waals surface area contributed by atoms with Crippen LogP contribution in [-0.2, 0) is 4.79 Å². The molecule has 0 saturated heterocycles. The van der Waals surface area contributed by atoms with Crippen molar-refractivity contribution < 1.29 is 4.79 Å². The molecule has 2 bridgehead atoms. The lowest BCUT2D eigenvalue weighted by molar-refractivity contribution is -0.106. The summed E-state index contributed by atoms with van der Waals surface area (Å²) in [5.41, 5.74) is 1.07. The van der Waals surface area contributed by atoms with E-state index in [2.05, 4.69) is 6.08 Å². The number of allylic oxidation sites excluding steroid dienone is 2. The largest absolute Gasteiger partial charge is 0.298 e. The van der Waals surface area contributed by atoms with Gasteiger partial charge in [-0.15, -0.1) is 0 Å². The molecule has 0 aromatic rings. The maximum Gasteiger partial charge on any atom is 0.145 e. The first-order chi connectivity index (χ1) is 4.40. The van der Waals surface area contributed by atoms with Gasteiger partial charge in [-0.1, -0.05) is 6.08 Å². The van der Waals surface area contributed by atoms with Crippen molar-refractivity contribution in [2.75, 3.05) is 0 Å². The van der Waals surface area contributed by atoms with E-state index < -0.39 is 0 Å². The predicted molar refractivity (Wildman–Crippen MR) is 35.0 cm³/mol. The van der Waals surface area contributed by atoms with E-state index in [-0.39, 0.29) is 0 Å². The molecule has 0 radical (unpaired) electrons. The number of aldehydes is 1. The van der Waals surface area contributed by atoms with Gasteiger partial charge in [0.05, 0.1) is 0 Å². The van der Waals surface area contributed by atoms with Crippen molar-refractivity contribution in [2.24, 2.45) is 11.8 Å². The molecule has 1 saturated carbocycles. The first-order valence-electron chi connectivity index (χ1n) is 3.55. The van der Waals surface area contributed by atoms with Crippen molar-refractivity contribution in [3.05, 3.63) is 11.6 Å². The van der Waals surface area contributed by atoms with Crippen LogP contribution >= 0.6 is 0 Å². The molecule has 1 nitrogen and oxygen atoms in total. The number of fused-ring (bicyclic) bond motifs is 1. The van der Waals surface area contributed by atoms with E-state index in [0.29, 0.717) is 5.92 Å². The standard InChI is InChI=1S/C8H10O/c9-5-7-2-1-6-3-8(7)4-6/h2,5-6,8H,1,3-4H2. The second-order valence-corrected chi connectivity index (χ2v) is 3.09. The minimum absolute atomic E-state index is 0.654. The molecule has 1 fully saturated rings. The van der Waals surface area contributed by atoms with E-state index in [0.717, 1.165) is 24.2 Å². The molecule has 3 rings (SSSR count). The summed E-state index contributed by atoms with van der Waals surface area (Å²) in [4.78, 5) is 10.3. The highest BCUT2D eigenvalue weighted by Gasteiger charge is 2.34. The van der Waals surface area contributed by atoms with Gasteiger partial charge < -0.3 is 0 Å². The summed E-state index contributed by atoms with van der Waals surface area (Å²) in [6.45, 7) is 0. The first-order valence-corrected chi connectivity index (χ1v) is 3.55. The average molecular weight is 122 g/mol. The Kier molecular flexibility index (Phi) is 0.981. The zero-order valence-corrected chi connectivity index (χ0v) is 5.34. The lowest BCUT2D eigenvalue weighted by Crippen LogP contribution is -2.29. The van der Waals surface area contributed by atoms with Gasteiger partial charge in [0.25, 0.3) is 0 Å². The van der Waals surface area contributed by atoms with Gasteiger partial charge in [0.1, 0.15) is 6.29 Å². The van der Waals surface area contributed by atoms with E-state index in [1.807, 2.05) is 0 Å². The van der Waals surface area contributed by atoms with Gasteiger partial charge in [0.15, 0.2) is 0 Å². The lowest BCUT2D eigenvalue weighted by atomic mass is 9.65. The van der Waals surface area contributed by atoms with Gasteiger partial charge in [-0.25, -0.2) is 0 Å². The normalized spacial score (nSPS) is 38.9. The molecule has 48 valence electrons. The lowest BCUT2D eigenvalue weighted by Gasteiger charge is -2.39. The minimum Gasteiger partial charge on any atom is -0.298 e. The third-order valence-corrected chi connectivity index (χ3v) is 2.53. The maximum atomic E-state index is 10.3. The molecule has 3 aliphatic carbocycles. The summed E-state index contributed by atoms with van der Waals surface area (Å²) in [7, 11) is 0. The van der Waals surface area contributed by atoms with E-state index in [1.54, 1.807) is 0 Å². The number of rotatable bonds is 1. The van der Waals surface area contributed by atoms with Crippen molar-refractivity contribution in [3.63, 3.8) is 0 Å². The summed E-state index contributed by atoms with van der Waals surface area (Å²) in [6.07, 6.45) is 6.86. The molecule has 3 aliphatic rings. The van der Waals surface area contributed by atoms with Crippen molar-refractivity contribution in [3.8, 4) is 0 Å². The van der Waals surface area contributed by atoms with Crippen molar-refractivity contribution in [1.82, 2.24) is 0 Å². The highest BCUT2D eigenvalue weighted by atomic mass is 16.1. The van der Waals surface area contributed by atoms with Crippen LogP contribution in [0.4, 0.5) is 0 Å². The second kappa shape index (κ2) is 1.69. The Hall–Kier alpha value is -0.590. The average Bonchev–Trinajstić information content (AvgIpc) is 1.86. The first kappa shape index (κ1) is 5.21. The Morgan fingerprint density at radius 3 is 2.67 bits per heavy atom. The molecular weight excluding hydrogens is 112 g/mol. The van der Waals surface area contributed by atoms with Crippen LogP contribution in [0, 0.1) is 11.8 Å². The van der Waals surface area contributed by atoms with Crippen LogP contribution < -0.4 is 0 Å². The monoisotopic (exact) mass is 122 g/mol. The third kappa shape index (κ3) is 0.640. The fraction of sp³-hybridized carbons (Fsp3) is 0.625. The van der Waals surface area contributed by atoms with Gasteiger partial charge in [0, 0.05) is 0 Å². The Morgan fingerprint density at radius 2 is 2.33 bits per heavy atom. The van der Waals surface area contributed by atoms with Crippen LogP contribution in [-0.4, -0.2) is 6.29 Å². The Morgan fingerprint density at radius 1 is 1.56 bits per heavy atom. The highest BCUT2D eigenvalue weighted by Crippen LogP contribution is 2.44. The molecule has 0 aromatic heterocycles. The fourth-order valence-corrected chi connectivity index (χ4v) is 1.81. The van der Waals surface area contributed by atoms with Gasteiger partial charge in [-0.2, -0.15) is 0 Å². The molecule has 0 atom stereocenters. The topological polar surface area (TPSA) is 17.1 Å². The number of carbonyl (C=O) groups is 1.